The smallest absolute Gasteiger partial charge is 0.138 e. The standard InChI is InChI=1S/C13H19NO/c14-13-11(7-4-8-12(13)15)9-10-5-2-1-3-6-10/h4,7-8,10,15H,1-3,5-6,9,14H2. The molecule has 1 saturated carbocycles. The van der Waals surface area contributed by atoms with Gasteiger partial charge in [0.1, 0.15) is 5.75 Å². The summed E-state index contributed by atoms with van der Waals surface area (Å²) in [5.74, 6) is 0.992. The summed E-state index contributed by atoms with van der Waals surface area (Å²) < 4.78 is 0. The van der Waals surface area contributed by atoms with Gasteiger partial charge in [-0.2, -0.15) is 0 Å². The zero-order valence-electron chi connectivity index (χ0n) is 9.08. The quantitative estimate of drug-likeness (QED) is 0.575. The molecule has 1 aromatic carbocycles. The van der Waals surface area contributed by atoms with Crippen molar-refractivity contribution in [2.24, 2.45) is 5.92 Å². The lowest BCUT2D eigenvalue weighted by molar-refractivity contribution is 0.356. The molecule has 82 valence electrons. The predicted octanol–water partition coefficient (Wildman–Crippen LogP) is 3.10. The second-order valence-corrected chi connectivity index (χ2v) is 4.56. The van der Waals surface area contributed by atoms with Crippen molar-refractivity contribution < 1.29 is 5.11 Å². The molecule has 0 amide bonds. The minimum atomic E-state index is 0.225. The highest BCUT2D eigenvalue weighted by molar-refractivity contribution is 5.57. The SMILES string of the molecule is Nc1c(O)cccc1CC1CCCCC1. The highest BCUT2D eigenvalue weighted by Gasteiger charge is 2.15. The number of benzene rings is 1. The maximum atomic E-state index is 9.50. The third-order valence-corrected chi connectivity index (χ3v) is 3.41. The van der Waals surface area contributed by atoms with Crippen molar-refractivity contribution in [3.05, 3.63) is 23.8 Å². The third kappa shape index (κ3) is 2.44. The van der Waals surface area contributed by atoms with Gasteiger partial charge in [0.2, 0.25) is 0 Å². The number of hydrogen-bond donors (Lipinski definition) is 2. The van der Waals surface area contributed by atoms with E-state index in [0.29, 0.717) is 5.69 Å². The van der Waals surface area contributed by atoms with Crippen LogP contribution in [0.15, 0.2) is 18.2 Å². The number of phenolic OH excluding ortho intramolecular Hbond substituents is 1. The fraction of sp³-hybridized carbons (Fsp3) is 0.538. The summed E-state index contributed by atoms with van der Waals surface area (Å²) in [5, 5.41) is 9.50. The van der Waals surface area contributed by atoms with Crippen LogP contribution in [-0.2, 0) is 6.42 Å². The summed E-state index contributed by atoms with van der Waals surface area (Å²) >= 11 is 0. The van der Waals surface area contributed by atoms with Gasteiger partial charge in [-0.25, -0.2) is 0 Å². The Labute approximate surface area is 91.1 Å². The lowest BCUT2D eigenvalue weighted by atomic mass is 9.84. The zero-order chi connectivity index (χ0) is 10.7. The molecule has 0 unspecified atom stereocenters. The van der Waals surface area contributed by atoms with Crippen LogP contribution < -0.4 is 5.73 Å². The summed E-state index contributed by atoms with van der Waals surface area (Å²) in [7, 11) is 0. The first-order valence-electron chi connectivity index (χ1n) is 5.83. The Bertz CT molecular complexity index is 329. The van der Waals surface area contributed by atoms with E-state index in [1.54, 1.807) is 6.07 Å². The Morgan fingerprint density at radius 1 is 1.20 bits per heavy atom. The van der Waals surface area contributed by atoms with Crippen molar-refractivity contribution in [1.82, 2.24) is 0 Å². The number of nitrogens with two attached hydrogens (primary N) is 1. The van der Waals surface area contributed by atoms with Crippen LogP contribution in [0.5, 0.6) is 5.75 Å². The van der Waals surface area contributed by atoms with Gasteiger partial charge in [-0.1, -0.05) is 44.2 Å². The Balaban J connectivity index is 2.06. The Kier molecular flexibility index (Phi) is 3.14. The molecule has 0 radical (unpaired) electrons. The fourth-order valence-corrected chi connectivity index (χ4v) is 2.48. The van der Waals surface area contributed by atoms with Crippen molar-refractivity contribution in [2.45, 2.75) is 38.5 Å². The maximum Gasteiger partial charge on any atom is 0.138 e. The number of anilines is 1. The number of para-hydroxylation sites is 1. The van der Waals surface area contributed by atoms with Crippen LogP contribution in [0.4, 0.5) is 5.69 Å². The summed E-state index contributed by atoms with van der Waals surface area (Å²) in [4.78, 5) is 0. The van der Waals surface area contributed by atoms with E-state index in [1.165, 1.54) is 32.1 Å². The second kappa shape index (κ2) is 4.56. The molecule has 3 N–H and O–H groups in total. The Morgan fingerprint density at radius 2 is 1.93 bits per heavy atom. The average Bonchev–Trinajstić information content (AvgIpc) is 2.26. The zero-order valence-corrected chi connectivity index (χ0v) is 9.08. The van der Waals surface area contributed by atoms with E-state index in [9.17, 15) is 5.11 Å². The van der Waals surface area contributed by atoms with Gasteiger partial charge >= 0.3 is 0 Å². The van der Waals surface area contributed by atoms with Crippen molar-refractivity contribution in [3.63, 3.8) is 0 Å². The highest BCUT2D eigenvalue weighted by Crippen LogP contribution is 2.31. The minimum absolute atomic E-state index is 0.225. The van der Waals surface area contributed by atoms with Crippen molar-refractivity contribution in [1.29, 1.82) is 0 Å². The normalized spacial score (nSPS) is 17.9. The van der Waals surface area contributed by atoms with Gasteiger partial charge in [-0.3, -0.25) is 0 Å². The molecule has 0 atom stereocenters. The minimum Gasteiger partial charge on any atom is -0.506 e. The topological polar surface area (TPSA) is 46.2 Å². The van der Waals surface area contributed by atoms with E-state index in [1.807, 2.05) is 12.1 Å². The van der Waals surface area contributed by atoms with E-state index in [2.05, 4.69) is 0 Å². The molecule has 2 nitrogen and oxygen atoms in total. The number of aromatic hydroxyl groups is 1. The number of hydrogen-bond acceptors (Lipinski definition) is 2. The summed E-state index contributed by atoms with van der Waals surface area (Å²) in [5.41, 5.74) is 7.53. The van der Waals surface area contributed by atoms with Crippen molar-refractivity contribution in [3.8, 4) is 5.75 Å². The summed E-state index contributed by atoms with van der Waals surface area (Å²) in [6.45, 7) is 0. The largest absolute Gasteiger partial charge is 0.506 e. The van der Waals surface area contributed by atoms with Gasteiger partial charge < -0.3 is 10.8 Å². The number of nitrogen functional groups attached to an aromatic ring is 1. The molecular formula is C13H19NO. The van der Waals surface area contributed by atoms with Gasteiger partial charge in [-0.05, 0) is 24.0 Å². The first kappa shape index (κ1) is 10.3. The molecule has 1 aromatic rings. The molecule has 15 heavy (non-hydrogen) atoms. The molecular weight excluding hydrogens is 186 g/mol. The highest BCUT2D eigenvalue weighted by atomic mass is 16.3. The van der Waals surface area contributed by atoms with E-state index < -0.39 is 0 Å². The fourth-order valence-electron chi connectivity index (χ4n) is 2.48. The lowest BCUT2D eigenvalue weighted by Gasteiger charge is -2.22. The molecule has 2 rings (SSSR count). The van der Waals surface area contributed by atoms with Crippen molar-refractivity contribution in [2.75, 3.05) is 5.73 Å². The van der Waals surface area contributed by atoms with E-state index in [-0.39, 0.29) is 5.75 Å². The van der Waals surface area contributed by atoms with Crippen LogP contribution in [0.3, 0.4) is 0 Å². The number of phenols is 1. The summed E-state index contributed by atoms with van der Waals surface area (Å²) in [6, 6.07) is 5.56. The van der Waals surface area contributed by atoms with Gasteiger partial charge in [0.25, 0.3) is 0 Å². The van der Waals surface area contributed by atoms with E-state index >= 15 is 0 Å². The van der Waals surface area contributed by atoms with Crippen LogP contribution in [0, 0.1) is 5.92 Å². The van der Waals surface area contributed by atoms with Gasteiger partial charge in [0.05, 0.1) is 5.69 Å². The molecule has 2 heteroatoms. The summed E-state index contributed by atoms with van der Waals surface area (Å²) in [6.07, 6.45) is 7.74. The number of rotatable bonds is 2. The molecule has 0 aromatic heterocycles. The van der Waals surface area contributed by atoms with Crippen LogP contribution >= 0.6 is 0 Å². The lowest BCUT2D eigenvalue weighted by Crippen LogP contribution is -2.10. The van der Waals surface area contributed by atoms with Crippen LogP contribution in [0.25, 0.3) is 0 Å². The first-order valence-corrected chi connectivity index (χ1v) is 5.83. The molecule has 0 bridgehead atoms. The second-order valence-electron chi connectivity index (χ2n) is 4.56. The van der Waals surface area contributed by atoms with E-state index in [4.69, 9.17) is 5.73 Å². The molecule has 1 fully saturated rings. The van der Waals surface area contributed by atoms with Gasteiger partial charge in [-0.15, -0.1) is 0 Å². The molecule has 0 aliphatic heterocycles. The third-order valence-electron chi connectivity index (χ3n) is 3.41. The molecule has 1 aliphatic rings. The molecule has 0 spiro atoms. The van der Waals surface area contributed by atoms with Crippen LogP contribution in [0.2, 0.25) is 0 Å². The first-order chi connectivity index (χ1) is 7.27. The van der Waals surface area contributed by atoms with Crippen LogP contribution in [0.1, 0.15) is 37.7 Å². The predicted molar refractivity (Wildman–Crippen MR) is 62.8 cm³/mol. The average molecular weight is 205 g/mol. The maximum absolute atomic E-state index is 9.50. The van der Waals surface area contributed by atoms with Gasteiger partial charge in [0.15, 0.2) is 0 Å². The molecule has 0 saturated heterocycles. The Hall–Kier alpha value is -1.18. The van der Waals surface area contributed by atoms with Crippen molar-refractivity contribution >= 4 is 5.69 Å². The van der Waals surface area contributed by atoms with E-state index in [0.717, 1.165) is 17.9 Å². The molecule has 1 aliphatic carbocycles. The molecule has 0 heterocycles. The van der Waals surface area contributed by atoms with Crippen LogP contribution in [-0.4, -0.2) is 5.11 Å². The monoisotopic (exact) mass is 205 g/mol. The Morgan fingerprint density at radius 3 is 2.67 bits per heavy atom. The van der Waals surface area contributed by atoms with Gasteiger partial charge in [0, 0.05) is 0 Å².